The maximum atomic E-state index is 9.49. The minimum atomic E-state index is 0.224. The molecule has 1 aliphatic heterocycles. The minimum Gasteiger partial charge on any atom is -0.508 e. The van der Waals surface area contributed by atoms with Crippen LogP contribution in [0.5, 0.6) is 5.75 Å². The van der Waals surface area contributed by atoms with Crippen LogP contribution in [0.4, 0.5) is 0 Å². The number of nitrogens with zero attached hydrogens (tertiary/aromatic N) is 2. The van der Waals surface area contributed by atoms with E-state index < -0.39 is 0 Å². The first-order valence-corrected chi connectivity index (χ1v) is 9.05. The molecule has 2 N–H and O–H groups in total. The lowest BCUT2D eigenvalue weighted by Crippen LogP contribution is -2.52. The van der Waals surface area contributed by atoms with E-state index in [4.69, 9.17) is 0 Å². The predicted octanol–water partition coefficient (Wildman–Crippen LogP) is 2.77. The van der Waals surface area contributed by atoms with Crippen molar-refractivity contribution in [2.45, 2.75) is 32.5 Å². The van der Waals surface area contributed by atoms with E-state index in [1.165, 1.54) is 16.7 Å². The van der Waals surface area contributed by atoms with E-state index in [9.17, 15) is 10.2 Å². The molecule has 2 aromatic rings. The Morgan fingerprint density at radius 1 is 1.00 bits per heavy atom. The number of piperazine rings is 1. The highest BCUT2D eigenvalue weighted by Crippen LogP contribution is 2.20. The van der Waals surface area contributed by atoms with E-state index in [1.807, 2.05) is 12.1 Å². The number of phenolic OH excluding ortho intramolecular Hbond substituents is 1. The summed E-state index contributed by atoms with van der Waals surface area (Å²) in [6.07, 6.45) is 0.804. The summed E-state index contributed by atoms with van der Waals surface area (Å²) in [5, 5.41) is 18.9. The fourth-order valence-corrected chi connectivity index (χ4v) is 3.60. The summed E-state index contributed by atoms with van der Waals surface area (Å²) in [4.78, 5) is 4.95. The summed E-state index contributed by atoms with van der Waals surface area (Å²) >= 11 is 0. The lowest BCUT2D eigenvalue weighted by Gasteiger charge is -2.41. The van der Waals surface area contributed by atoms with Gasteiger partial charge in [0.05, 0.1) is 0 Å². The van der Waals surface area contributed by atoms with Crippen molar-refractivity contribution in [3.63, 3.8) is 0 Å². The van der Waals surface area contributed by atoms with Gasteiger partial charge < -0.3 is 10.2 Å². The normalized spacial score (nSPS) is 19.2. The highest BCUT2D eigenvalue weighted by atomic mass is 16.3. The molecule has 0 unspecified atom stereocenters. The van der Waals surface area contributed by atoms with Crippen molar-refractivity contribution in [2.24, 2.45) is 0 Å². The number of aryl methyl sites for hydroxylation is 1. The molecule has 1 heterocycles. The number of aliphatic hydroxyl groups excluding tert-OH is 1. The molecular weight excluding hydrogens is 312 g/mol. The Kier molecular flexibility index (Phi) is 6.08. The maximum Gasteiger partial charge on any atom is 0.115 e. The van der Waals surface area contributed by atoms with Crippen molar-refractivity contribution in [2.75, 3.05) is 26.2 Å². The van der Waals surface area contributed by atoms with Crippen molar-refractivity contribution in [3.8, 4) is 5.75 Å². The molecule has 1 fully saturated rings. The summed E-state index contributed by atoms with van der Waals surface area (Å²) in [6, 6.07) is 16.4. The third-order valence-electron chi connectivity index (χ3n) is 5.13. The molecule has 4 heteroatoms. The molecule has 1 saturated heterocycles. The highest BCUT2D eigenvalue weighted by molar-refractivity contribution is 5.26. The van der Waals surface area contributed by atoms with Gasteiger partial charge >= 0.3 is 0 Å². The van der Waals surface area contributed by atoms with E-state index >= 15 is 0 Å². The van der Waals surface area contributed by atoms with Crippen LogP contribution in [0.2, 0.25) is 0 Å². The zero-order valence-electron chi connectivity index (χ0n) is 14.9. The molecule has 25 heavy (non-hydrogen) atoms. The molecule has 0 aromatic heterocycles. The first kappa shape index (κ1) is 17.9. The summed E-state index contributed by atoms with van der Waals surface area (Å²) in [5.41, 5.74) is 3.92. The average molecular weight is 340 g/mol. The zero-order valence-corrected chi connectivity index (χ0v) is 14.9. The molecule has 0 radical (unpaired) electrons. The minimum absolute atomic E-state index is 0.224. The molecule has 1 aliphatic rings. The molecule has 4 nitrogen and oxygen atoms in total. The van der Waals surface area contributed by atoms with Crippen LogP contribution in [-0.2, 0) is 13.1 Å². The van der Waals surface area contributed by atoms with Gasteiger partial charge in [0, 0.05) is 45.4 Å². The Morgan fingerprint density at radius 2 is 1.76 bits per heavy atom. The fraction of sp³-hybridized carbons (Fsp3) is 0.429. The van der Waals surface area contributed by atoms with Crippen molar-refractivity contribution in [1.82, 2.24) is 9.80 Å². The second-order valence-corrected chi connectivity index (χ2v) is 6.96. The molecule has 0 spiro atoms. The smallest absolute Gasteiger partial charge is 0.115 e. The first-order chi connectivity index (χ1) is 12.2. The SMILES string of the molecule is Cc1ccccc1CN1CCN(Cc2ccc(O)cc2)C[C@H]1CCO. The van der Waals surface area contributed by atoms with Crippen LogP contribution < -0.4 is 0 Å². The number of aromatic hydroxyl groups is 1. The topological polar surface area (TPSA) is 46.9 Å². The number of hydrogen-bond acceptors (Lipinski definition) is 4. The Balaban J connectivity index is 1.63. The predicted molar refractivity (Wildman–Crippen MR) is 100 cm³/mol. The monoisotopic (exact) mass is 340 g/mol. The zero-order chi connectivity index (χ0) is 17.6. The first-order valence-electron chi connectivity index (χ1n) is 9.05. The van der Waals surface area contributed by atoms with Gasteiger partial charge in [-0.25, -0.2) is 0 Å². The molecule has 1 atom stereocenters. The number of hydrogen-bond donors (Lipinski definition) is 2. The Labute approximate surface area is 150 Å². The van der Waals surface area contributed by atoms with Crippen LogP contribution in [0.25, 0.3) is 0 Å². The highest BCUT2D eigenvalue weighted by Gasteiger charge is 2.26. The molecule has 2 aromatic carbocycles. The van der Waals surface area contributed by atoms with Crippen molar-refractivity contribution >= 4 is 0 Å². The third kappa shape index (κ3) is 4.82. The van der Waals surface area contributed by atoms with Gasteiger partial charge in [0.2, 0.25) is 0 Å². The van der Waals surface area contributed by atoms with Crippen LogP contribution >= 0.6 is 0 Å². The van der Waals surface area contributed by atoms with Crippen molar-refractivity contribution in [3.05, 3.63) is 65.2 Å². The molecule has 0 aliphatic carbocycles. The van der Waals surface area contributed by atoms with E-state index in [2.05, 4.69) is 41.0 Å². The van der Waals surface area contributed by atoms with Crippen LogP contribution in [0.1, 0.15) is 23.1 Å². The van der Waals surface area contributed by atoms with Crippen LogP contribution in [0.15, 0.2) is 48.5 Å². The van der Waals surface area contributed by atoms with Gasteiger partial charge in [-0.15, -0.1) is 0 Å². The Morgan fingerprint density at radius 3 is 2.48 bits per heavy atom. The standard InChI is InChI=1S/C21H28N2O2/c1-17-4-2-3-5-19(17)15-23-12-11-22(16-20(23)10-13-24)14-18-6-8-21(25)9-7-18/h2-9,20,24-25H,10-16H2,1H3/t20-/m1/s1. The average Bonchev–Trinajstić information content (AvgIpc) is 2.61. The lowest BCUT2D eigenvalue weighted by atomic mass is 10.0. The number of phenols is 1. The van der Waals surface area contributed by atoms with Gasteiger partial charge in [-0.1, -0.05) is 36.4 Å². The van der Waals surface area contributed by atoms with Crippen LogP contribution in [-0.4, -0.2) is 52.3 Å². The third-order valence-corrected chi connectivity index (χ3v) is 5.13. The lowest BCUT2D eigenvalue weighted by molar-refractivity contribution is 0.0498. The second-order valence-electron chi connectivity index (χ2n) is 6.96. The van der Waals surface area contributed by atoms with Crippen molar-refractivity contribution in [1.29, 1.82) is 0 Å². The molecular formula is C21H28N2O2. The quantitative estimate of drug-likeness (QED) is 0.849. The van der Waals surface area contributed by atoms with Gasteiger partial charge in [0.25, 0.3) is 0 Å². The van der Waals surface area contributed by atoms with E-state index in [-0.39, 0.29) is 6.61 Å². The largest absolute Gasteiger partial charge is 0.508 e. The number of aliphatic hydroxyl groups is 1. The molecule has 134 valence electrons. The second kappa shape index (κ2) is 8.48. The van der Waals surface area contributed by atoms with Gasteiger partial charge in [-0.05, 0) is 42.2 Å². The van der Waals surface area contributed by atoms with Crippen LogP contribution in [0.3, 0.4) is 0 Å². The summed E-state index contributed by atoms with van der Waals surface area (Å²) in [6.45, 7) is 7.23. The molecule has 3 rings (SSSR count). The molecule has 0 bridgehead atoms. The van der Waals surface area contributed by atoms with Gasteiger partial charge in [0.1, 0.15) is 5.75 Å². The Bertz CT molecular complexity index is 672. The Hall–Kier alpha value is -1.88. The van der Waals surface area contributed by atoms with Gasteiger partial charge in [0.15, 0.2) is 0 Å². The van der Waals surface area contributed by atoms with Gasteiger partial charge in [-0.2, -0.15) is 0 Å². The van der Waals surface area contributed by atoms with Crippen LogP contribution in [0, 0.1) is 6.92 Å². The fourth-order valence-electron chi connectivity index (χ4n) is 3.60. The van der Waals surface area contributed by atoms with Gasteiger partial charge in [-0.3, -0.25) is 9.80 Å². The summed E-state index contributed by atoms with van der Waals surface area (Å²) in [5.74, 6) is 0.310. The number of benzene rings is 2. The van der Waals surface area contributed by atoms with Crippen molar-refractivity contribution < 1.29 is 10.2 Å². The molecule has 0 saturated carbocycles. The van der Waals surface area contributed by atoms with E-state index in [0.29, 0.717) is 11.8 Å². The number of rotatable bonds is 6. The molecule has 0 amide bonds. The van der Waals surface area contributed by atoms with E-state index in [1.54, 1.807) is 12.1 Å². The summed E-state index contributed by atoms with van der Waals surface area (Å²) in [7, 11) is 0. The maximum absolute atomic E-state index is 9.49. The summed E-state index contributed by atoms with van der Waals surface area (Å²) < 4.78 is 0. The van der Waals surface area contributed by atoms with E-state index in [0.717, 1.165) is 39.1 Å².